The Morgan fingerprint density at radius 1 is 0.949 bits per heavy atom. The maximum Gasteiger partial charge on any atom is 0.338 e. The van der Waals surface area contributed by atoms with Crippen molar-refractivity contribution in [2.45, 2.75) is 139 Å². The van der Waals surface area contributed by atoms with Crippen LogP contribution in [0.1, 0.15) is 88.1 Å². The molecular formula is C42H58N2O15. The second-order valence-electron chi connectivity index (χ2n) is 16.9. The lowest BCUT2D eigenvalue weighted by molar-refractivity contribution is -0.298. The fourth-order valence-corrected chi connectivity index (χ4v) is 7.64. The first-order chi connectivity index (χ1) is 28.1. The molecule has 1 aromatic rings. The smallest absolute Gasteiger partial charge is 0.338 e. The molecule has 17 nitrogen and oxygen atoms in total. The van der Waals surface area contributed by atoms with Crippen LogP contribution in [0.4, 0.5) is 0 Å². The largest absolute Gasteiger partial charge is 0.460 e. The summed E-state index contributed by atoms with van der Waals surface area (Å²) in [6.45, 7) is 4.31. The molecule has 2 heterocycles. The highest BCUT2D eigenvalue weighted by Crippen LogP contribution is 2.59. The molecule has 5 aliphatic rings. The van der Waals surface area contributed by atoms with E-state index in [0.29, 0.717) is 11.1 Å². The van der Waals surface area contributed by atoms with Crippen LogP contribution in [0, 0.1) is 11.8 Å². The zero-order valence-corrected chi connectivity index (χ0v) is 33.7. The van der Waals surface area contributed by atoms with Crippen LogP contribution < -0.4 is 10.6 Å². The number of esters is 2. The van der Waals surface area contributed by atoms with Crippen LogP contribution in [-0.2, 0) is 42.8 Å². The Hall–Kier alpha value is -3.78. The number of ether oxygens (including phenoxy) is 6. The molecule has 2 aliphatic heterocycles. The monoisotopic (exact) mass is 830 g/mol. The van der Waals surface area contributed by atoms with Gasteiger partial charge < -0.3 is 64.6 Å². The SMILES string of the molecule is CC(C)(C)OC(=O)CCC(CO)NC(=O)CCNC(=O)C1=CC2OC(C3CC3)(C3CC3)OC2C(OC(=O)c2ccc(C=CCOC3OC(CO)C(O)C(O)C3O)cc2)C1. The highest BCUT2D eigenvalue weighted by atomic mass is 16.8. The number of carbonyl (C=O) groups is 4. The average Bonchev–Trinajstić information content (AvgIpc) is 4.15. The van der Waals surface area contributed by atoms with E-state index in [1.165, 1.54) is 0 Å². The van der Waals surface area contributed by atoms with Crippen LogP contribution in [-0.4, -0.2) is 142 Å². The first-order valence-electron chi connectivity index (χ1n) is 20.5. The van der Waals surface area contributed by atoms with Gasteiger partial charge in [-0.05, 0) is 76.6 Å². The summed E-state index contributed by atoms with van der Waals surface area (Å²) in [4.78, 5) is 51.8. The van der Waals surface area contributed by atoms with Crippen LogP contribution in [0.5, 0.6) is 0 Å². The molecule has 0 aromatic heterocycles. The van der Waals surface area contributed by atoms with Crippen molar-refractivity contribution in [3.63, 3.8) is 0 Å². The number of aliphatic hydroxyl groups is 5. The van der Waals surface area contributed by atoms with E-state index in [0.717, 1.165) is 25.7 Å². The van der Waals surface area contributed by atoms with Crippen LogP contribution in [0.15, 0.2) is 42.0 Å². The van der Waals surface area contributed by atoms with Crippen molar-refractivity contribution in [1.82, 2.24) is 10.6 Å². The van der Waals surface area contributed by atoms with E-state index in [1.807, 2.05) is 0 Å². The van der Waals surface area contributed by atoms with Gasteiger partial charge in [-0.3, -0.25) is 14.4 Å². The van der Waals surface area contributed by atoms with E-state index in [1.54, 1.807) is 63.3 Å². The summed E-state index contributed by atoms with van der Waals surface area (Å²) in [5, 5.41) is 54.6. The van der Waals surface area contributed by atoms with Gasteiger partial charge in [0.2, 0.25) is 11.8 Å². The molecule has 9 unspecified atom stereocenters. The highest BCUT2D eigenvalue weighted by Gasteiger charge is 2.64. The Morgan fingerprint density at radius 2 is 1.64 bits per heavy atom. The number of aliphatic hydroxyl groups excluding tert-OH is 5. The summed E-state index contributed by atoms with van der Waals surface area (Å²) in [6, 6.07) is 5.93. The second kappa shape index (κ2) is 19.3. The highest BCUT2D eigenvalue weighted by molar-refractivity contribution is 5.94. The van der Waals surface area contributed by atoms with Gasteiger partial charge in [-0.25, -0.2) is 4.79 Å². The van der Waals surface area contributed by atoms with Crippen molar-refractivity contribution in [1.29, 1.82) is 0 Å². The van der Waals surface area contributed by atoms with Gasteiger partial charge in [0.05, 0.1) is 31.4 Å². The zero-order chi connectivity index (χ0) is 42.5. The second-order valence-corrected chi connectivity index (χ2v) is 16.9. The number of carbonyl (C=O) groups excluding carboxylic acids is 4. The molecule has 326 valence electrons. The van der Waals surface area contributed by atoms with Crippen molar-refractivity contribution < 1.29 is 73.1 Å². The molecule has 0 bridgehead atoms. The topological polar surface area (TPSA) is 249 Å². The number of benzene rings is 1. The van der Waals surface area contributed by atoms with Crippen LogP contribution in [0.2, 0.25) is 0 Å². The standard InChI is InChI=1S/C42H58N2O15/c1-41(2,3)58-33(48)15-14-28(21-45)44-32(47)16-17-43-38(52)25-19-29(37-30(20-25)57-42(59-37,26-10-11-26)27-12-13-27)55-39(53)24-8-6-23(7-9-24)5-4-18-54-40-36(51)35(50)34(49)31(22-46)56-40/h4-9,20,26-31,34-37,40,45-46,49-51H,10-19,21-22H2,1-3H3,(H,43,52)(H,44,47). The van der Waals surface area contributed by atoms with Crippen molar-refractivity contribution in [2.75, 3.05) is 26.4 Å². The summed E-state index contributed by atoms with van der Waals surface area (Å²) in [5.74, 6) is -2.21. The average molecular weight is 831 g/mol. The first-order valence-corrected chi connectivity index (χ1v) is 20.5. The van der Waals surface area contributed by atoms with Crippen molar-refractivity contribution in [3.8, 4) is 0 Å². The molecule has 4 fully saturated rings. The van der Waals surface area contributed by atoms with Gasteiger partial charge in [0.1, 0.15) is 48.3 Å². The molecular weight excluding hydrogens is 772 g/mol. The predicted octanol–water partition coefficient (Wildman–Crippen LogP) is 0.777. The third-order valence-electron chi connectivity index (χ3n) is 11.0. The Bertz CT molecular complexity index is 1690. The van der Waals surface area contributed by atoms with Crippen LogP contribution >= 0.6 is 0 Å². The van der Waals surface area contributed by atoms with E-state index < -0.39 is 96.8 Å². The van der Waals surface area contributed by atoms with Gasteiger partial charge in [-0.15, -0.1) is 0 Å². The van der Waals surface area contributed by atoms with Gasteiger partial charge in [0.15, 0.2) is 12.1 Å². The van der Waals surface area contributed by atoms with Crippen LogP contribution in [0.3, 0.4) is 0 Å². The van der Waals surface area contributed by atoms with Gasteiger partial charge >= 0.3 is 11.9 Å². The van der Waals surface area contributed by atoms with Gasteiger partial charge in [0.25, 0.3) is 0 Å². The number of amides is 2. The van der Waals surface area contributed by atoms with E-state index in [9.17, 15) is 44.7 Å². The third kappa shape index (κ3) is 11.5. The third-order valence-corrected chi connectivity index (χ3v) is 11.0. The minimum atomic E-state index is -1.55. The normalized spacial score (nSPS) is 29.6. The van der Waals surface area contributed by atoms with Gasteiger partial charge in [-0.2, -0.15) is 0 Å². The Kier molecular flexibility index (Phi) is 14.6. The Morgan fingerprint density at radius 3 is 2.27 bits per heavy atom. The minimum Gasteiger partial charge on any atom is -0.460 e. The maximum atomic E-state index is 13.6. The summed E-state index contributed by atoms with van der Waals surface area (Å²) in [5.41, 5.74) is 0.679. The number of hydrogen-bond donors (Lipinski definition) is 7. The molecule has 7 N–H and O–H groups in total. The van der Waals surface area contributed by atoms with Gasteiger partial charge in [0, 0.05) is 43.2 Å². The van der Waals surface area contributed by atoms with Crippen molar-refractivity contribution in [2.24, 2.45) is 11.8 Å². The number of rotatable bonds is 18. The molecule has 2 saturated carbocycles. The van der Waals surface area contributed by atoms with Crippen molar-refractivity contribution >= 4 is 29.8 Å². The predicted molar refractivity (Wildman–Crippen MR) is 207 cm³/mol. The molecule has 1 aromatic carbocycles. The molecule has 3 aliphatic carbocycles. The lowest BCUT2D eigenvalue weighted by atomic mass is 9.91. The quantitative estimate of drug-likeness (QED) is 0.101. The van der Waals surface area contributed by atoms with Gasteiger partial charge in [-0.1, -0.05) is 24.3 Å². The summed E-state index contributed by atoms with van der Waals surface area (Å²) >= 11 is 0. The molecule has 2 saturated heterocycles. The number of nitrogens with one attached hydrogen (secondary N) is 2. The molecule has 59 heavy (non-hydrogen) atoms. The Labute approximate surface area is 343 Å². The first kappa shape index (κ1) is 44.8. The summed E-state index contributed by atoms with van der Waals surface area (Å²) in [6.07, 6.45) is 0.192. The molecule has 6 rings (SSSR count). The Balaban J connectivity index is 1.03. The van der Waals surface area contributed by atoms with E-state index in [-0.39, 0.29) is 62.8 Å². The van der Waals surface area contributed by atoms with E-state index in [4.69, 9.17) is 28.4 Å². The molecule has 0 spiro atoms. The lowest BCUT2D eigenvalue weighted by Gasteiger charge is -2.39. The van der Waals surface area contributed by atoms with E-state index in [2.05, 4.69) is 10.6 Å². The fourth-order valence-electron chi connectivity index (χ4n) is 7.64. The molecule has 17 heteroatoms. The molecule has 0 radical (unpaired) electrons. The number of hydrogen-bond acceptors (Lipinski definition) is 15. The van der Waals surface area contributed by atoms with Crippen LogP contribution in [0.25, 0.3) is 6.08 Å². The summed E-state index contributed by atoms with van der Waals surface area (Å²) < 4.78 is 35.5. The van der Waals surface area contributed by atoms with Crippen molar-refractivity contribution in [3.05, 3.63) is 53.1 Å². The maximum absolute atomic E-state index is 13.6. The zero-order valence-electron chi connectivity index (χ0n) is 33.7. The van der Waals surface area contributed by atoms with E-state index >= 15 is 0 Å². The lowest BCUT2D eigenvalue weighted by Crippen LogP contribution is -2.59. The minimum absolute atomic E-state index is 0.00309. The fraction of sp³-hybridized carbons (Fsp3) is 0.667. The summed E-state index contributed by atoms with van der Waals surface area (Å²) in [7, 11) is 0. The molecule has 9 atom stereocenters. The number of fused-ring (bicyclic) bond motifs is 1. The molecule has 2 amide bonds.